The topological polar surface area (TPSA) is 54.4 Å². The molecule has 0 aliphatic heterocycles. The maximum absolute atomic E-state index is 12.9. The number of hydrogen-bond donors (Lipinski definition) is 1. The summed E-state index contributed by atoms with van der Waals surface area (Å²) in [4.78, 5) is 25.0. The first-order chi connectivity index (χ1) is 11.7. The smallest absolute Gasteiger partial charge is 0.191 e. The second-order valence-corrected chi connectivity index (χ2v) is 8.36. The highest BCUT2D eigenvalue weighted by Crippen LogP contribution is 2.65. The van der Waals surface area contributed by atoms with Crippen LogP contribution in [0.15, 0.2) is 29.8 Å². The van der Waals surface area contributed by atoms with Crippen molar-refractivity contribution in [1.82, 2.24) is 0 Å². The Bertz CT molecular complexity index is 726. The van der Waals surface area contributed by atoms with E-state index in [-0.39, 0.29) is 22.4 Å². The third-order valence-corrected chi connectivity index (χ3v) is 6.75. The SMILES string of the molecule is CCCC(O)C(=O)c1ccc(C=C2C(=O)C3(C)CCC2C3(C)C)cc1. The summed E-state index contributed by atoms with van der Waals surface area (Å²) in [5.74, 6) is 0.371. The number of aliphatic hydroxyl groups is 1. The van der Waals surface area contributed by atoms with Gasteiger partial charge >= 0.3 is 0 Å². The molecule has 2 fully saturated rings. The molecule has 2 saturated carbocycles. The van der Waals surface area contributed by atoms with Crippen LogP contribution >= 0.6 is 0 Å². The molecule has 0 saturated heterocycles. The van der Waals surface area contributed by atoms with Crippen molar-refractivity contribution in [3.63, 3.8) is 0 Å². The number of carbonyl (C=O) groups is 2. The summed E-state index contributed by atoms with van der Waals surface area (Å²) >= 11 is 0. The average molecular weight is 340 g/mol. The van der Waals surface area contributed by atoms with E-state index in [9.17, 15) is 14.7 Å². The summed E-state index contributed by atoms with van der Waals surface area (Å²) in [5.41, 5.74) is 2.16. The number of allylic oxidation sites excluding steroid dienone is 1. The lowest BCUT2D eigenvalue weighted by molar-refractivity contribution is -0.125. The fourth-order valence-electron chi connectivity index (χ4n) is 4.61. The molecule has 0 heterocycles. The predicted octanol–water partition coefficient (Wildman–Crippen LogP) is 4.44. The molecule has 2 aliphatic rings. The van der Waals surface area contributed by atoms with Crippen molar-refractivity contribution >= 4 is 17.6 Å². The van der Waals surface area contributed by atoms with Gasteiger partial charge < -0.3 is 5.11 Å². The van der Waals surface area contributed by atoms with Crippen LogP contribution < -0.4 is 0 Å². The van der Waals surface area contributed by atoms with Crippen LogP contribution in [-0.2, 0) is 4.79 Å². The summed E-state index contributed by atoms with van der Waals surface area (Å²) in [7, 11) is 0. The molecule has 3 nitrogen and oxygen atoms in total. The molecule has 1 aromatic carbocycles. The largest absolute Gasteiger partial charge is 0.385 e. The van der Waals surface area contributed by atoms with Crippen LogP contribution in [0.2, 0.25) is 0 Å². The first-order valence-electron chi connectivity index (χ1n) is 9.31. The van der Waals surface area contributed by atoms with E-state index >= 15 is 0 Å². The molecule has 3 atom stereocenters. The number of aliphatic hydroxyl groups excluding tert-OH is 1. The number of rotatable bonds is 5. The number of ketones is 2. The fraction of sp³-hybridized carbons (Fsp3) is 0.545. The van der Waals surface area contributed by atoms with E-state index in [1.165, 1.54) is 0 Å². The summed E-state index contributed by atoms with van der Waals surface area (Å²) in [5, 5.41) is 9.86. The second-order valence-electron chi connectivity index (χ2n) is 8.36. The molecule has 1 N–H and O–H groups in total. The molecule has 3 rings (SSSR count). The van der Waals surface area contributed by atoms with Gasteiger partial charge in [-0.05, 0) is 47.8 Å². The van der Waals surface area contributed by atoms with Gasteiger partial charge in [0.15, 0.2) is 11.6 Å². The minimum Gasteiger partial charge on any atom is -0.385 e. The van der Waals surface area contributed by atoms with Gasteiger partial charge in [-0.3, -0.25) is 9.59 Å². The molecular formula is C22H28O3. The van der Waals surface area contributed by atoms with Crippen LogP contribution in [-0.4, -0.2) is 22.8 Å². The zero-order chi connectivity index (χ0) is 18.4. The minimum atomic E-state index is -0.929. The standard InChI is InChI=1S/C22H28O3/c1-5-6-18(23)19(24)15-9-7-14(8-10-15)13-16-17-11-12-22(4,20(16)25)21(17,2)3/h7-10,13,17-18,23H,5-6,11-12H2,1-4H3. The van der Waals surface area contributed by atoms with Crippen LogP contribution in [0.5, 0.6) is 0 Å². The molecule has 2 bridgehead atoms. The van der Waals surface area contributed by atoms with Gasteiger partial charge in [0, 0.05) is 11.0 Å². The molecule has 25 heavy (non-hydrogen) atoms. The Kier molecular flexibility index (Phi) is 4.48. The van der Waals surface area contributed by atoms with E-state index in [2.05, 4.69) is 20.8 Å². The zero-order valence-corrected chi connectivity index (χ0v) is 15.6. The Labute approximate surface area is 150 Å². The van der Waals surface area contributed by atoms with Gasteiger partial charge in [-0.15, -0.1) is 0 Å². The number of Topliss-reactive ketones (excluding diaryl/α,β-unsaturated/α-hetero) is 2. The van der Waals surface area contributed by atoms with E-state index in [0.29, 0.717) is 17.9 Å². The number of carbonyl (C=O) groups excluding carboxylic acids is 2. The Morgan fingerprint density at radius 1 is 1.28 bits per heavy atom. The summed E-state index contributed by atoms with van der Waals surface area (Å²) < 4.78 is 0. The van der Waals surface area contributed by atoms with E-state index < -0.39 is 6.10 Å². The quantitative estimate of drug-likeness (QED) is 0.637. The maximum Gasteiger partial charge on any atom is 0.191 e. The third kappa shape index (κ3) is 2.69. The van der Waals surface area contributed by atoms with Crippen molar-refractivity contribution in [3.05, 3.63) is 41.0 Å². The molecular weight excluding hydrogens is 312 g/mol. The van der Waals surface area contributed by atoms with Crippen molar-refractivity contribution in [2.24, 2.45) is 16.7 Å². The molecule has 0 aromatic heterocycles. The lowest BCUT2D eigenvalue weighted by Gasteiger charge is -2.31. The summed E-state index contributed by atoms with van der Waals surface area (Å²) in [6, 6.07) is 7.23. The van der Waals surface area contributed by atoms with Gasteiger partial charge in [-0.25, -0.2) is 0 Å². The molecule has 0 spiro atoms. The molecule has 0 radical (unpaired) electrons. The highest BCUT2D eigenvalue weighted by atomic mass is 16.3. The van der Waals surface area contributed by atoms with Crippen molar-refractivity contribution in [1.29, 1.82) is 0 Å². The van der Waals surface area contributed by atoms with Crippen LogP contribution in [0.3, 0.4) is 0 Å². The normalized spacial score (nSPS) is 30.0. The predicted molar refractivity (Wildman–Crippen MR) is 99.3 cm³/mol. The fourth-order valence-corrected chi connectivity index (χ4v) is 4.61. The zero-order valence-electron chi connectivity index (χ0n) is 15.6. The maximum atomic E-state index is 12.9. The lowest BCUT2D eigenvalue weighted by atomic mass is 9.70. The molecule has 134 valence electrons. The summed E-state index contributed by atoms with van der Waals surface area (Å²) in [6.45, 7) is 8.47. The van der Waals surface area contributed by atoms with E-state index in [1.807, 2.05) is 25.1 Å². The third-order valence-electron chi connectivity index (χ3n) is 6.75. The highest BCUT2D eigenvalue weighted by Gasteiger charge is 2.63. The van der Waals surface area contributed by atoms with Gasteiger partial charge in [-0.2, -0.15) is 0 Å². The van der Waals surface area contributed by atoms with Crippen LogP contribution in [0.25, 0.3) is 6.08 Å². The Hall–Kier alpha value is -1.74. The number of hydrogen-bond acceptors (Lipinski definition) is 3. The van der Waals surface area contributed by atoms with E-state index in [0.717, 1.165) is 30.4 Å². The van der Waals surface area contributed by atoms with Crippen molar-refractivity contribution < 1.29 is 14.7 Å². The van der Waals surface area contributed by atoms with Gasteiger partial charge in [0.2, 0.25) is 0 Å². The van der Waals surface area contributed by atoms with E-state index in [4.69, 9.17) is 0 Å². The molecule has 3 unspecified atom stereocenters. The second kappa shape index (κ2) is 6.21. The van der Waals surface area contributed by atoms with Crippen molar-refractivity contribution in [3.8, 4) is 0 Å². The molecule has 2 aliphatic carbocycles. The van der Waals surface area contributed by atoms with Gasteiger partial charge in [0.05, 0.1) is 0 Å². The van der Waals surface area contributed by atoms with Crippen molar-refractivity contribution in [2.45, 2.75) is 59.5 Å². The van der Waals surface area contributed by atoms with Crippen LogP contribution in [0.4, 0.5) is 0 Å². The monoisotopic (exact) mass is 340 g/mol. The Morgan fingerprint density at radius 2 is 1.92 bits per heavy atom. The molecule has 3 heteroatoms. The van der Waals surface area contributed by atoms with Crippen molar-refractivity contribution in [2.75, 3.05) is 0 Å². The van der Waals surface area contributed by atoms with Crippen LogP contribution in [0.1, 0.15) is 69.3 Å². The average Bonchev–Trinajstić information content (AvgIpc) is 2.89. The van der Waals surface area contributed by atoms with Gasteiger partial charge in [-0.1, -0.05) is 58.4 Å². The van der Waals surface area contributed by atoms with Gasteiger partial charge in [0.1, 0.15) is 6.10 Å². The summed E-state index contributed by atoms with van der Waals surface area (Å²) in [6.07, 6.45) is 4.37. The first-order valence-corrected chi connectivity index (χ1v) is 9.31. The number of fused-ring (bicyclic) bond motifs is 2. The first kappa shape index (κ1) is 18.1. The molecule has 1 aromatic rings. The minimum absolute atomic E-state index is 0.0100. The Morgan fingerprint density at radius 3 is 2.44 bits per heavy atom. The Balaban J connectivity index is 1.84. The van der Waals surface area contributed by atoms with E-state index in [1.54, 1.807) is 12.1 Å². The highest BCUT2D eigenvalue weighted by molar-refractivity contribution is 6.08. The van der Waals surface area contributed by atoms with Gasteiger partial charge in [0.25, 0.3) is 0 Å². The van der Waals surface area contributed by atoms with Crippen LogP contribution in [0, 0.1) is 16.7 Å². The lowest BCUT2D eigenvalue weighted by Crippen LogP contribution is -2.32. The molecule has 0 amide bonds. The number of benzene rings is 1.